The van der Waals surface area contributed by atoms with Gasteiger partial charge in [-0.2, -0.15) is 0 Å². The molecule has 1 aromatic rings. The number of carboxylic acids is 3. The molecule has 0 bridgehead atoms. The van der Waals surface area contributed by atoms with Gasteiger partial charge in [-0.05, 0) is 37.0 Å². The van der Waals surface area contributed by atoms with Crippen molar-refractivity contribution in [2.45, 2.75) is 78.7 Å². The number of rotatable bonds is 22. The van der Waals surface area contributed by atoms with E-state index in [1.54, 1.807) is 39.0 Å². The van der Waals surface area contributed by atoms with Crippen LogP contribution < -0.4 is 16.0 Å². The van der Waals surface area contributed by atoms with Crippen molar-refractivity contribution in [2.75, 3.05) is 91.6 Å². The number of aliphatic carboxylic acids is 3. The van der Waals surface area contributed by atoms with Crippen LogP contribution in [-0.2, 0) is 30.5 Å². The molecule has 0 unspecified atom stereocenters. The second-order valence-corrected chi connectivity index (χ2v) is 13.2. The Morgan fingerprint density at radius 2 is 0.963 bits per heavy atom. The molecular weight excluding hydrogens is 698 g/mol. The predicted molar refractivity (Wildman–Crippen MR) is 206 cm³/mol. The van der Waals surface area contributed by atoms with Crippen LogP contribution in [0.5, 0.6) is 0 Å². The summed E-state index contributed by atoms with van der Waals surface area (Å²) in [4.78, 5) is 78.8. The van der Waals surface area contributed by atoms with Gasteiger partial charge in [0.2, 0.25) is 11.8 Å². The number of carbonyl (C=O) groups is 6. The summed E-state index contributed by atoms with van der Waals surface area (Å²) in [5.74, 6) is -3.44. The molecule has 0 spiro atoms. The molecule has 0 atom stereocenters. The van der Waals surface area contributed by atoms with E-state index in [1.807, 2.05) is 18.7 Å². The van der Waals surface area contributed by atoms with Crippen molar-refractivity contribution in [1.82, 2.24) is 35.6 Å². The van der Waals surface area contributed by atoms with Crippen molar-refractivity contribution in [1.29, 1.82) is 0 Å². The number of carbonyl (C=O) groups excluding carboxylic acids is 3. The largest absolute Gasteiger partial charge is 0.480 e. The van der Waals surface area contributed by atoms with Crippen molar-refractivity contribution in [3.05, 3.63) is 35.4 Å². The van der Waals surface area contributed by atoms with Crippen LogP contribution in [0.1, 0.15) is 88.1 Å². The number of nitrogens with zero attached hydrogens (tertiary/aromatic N) is 4. The van der Waals surface area contributed by atoms with E-state index in [-0.39, 0.29) is 50.4 Å². The summed E-state index contributed by atoms with van der Waals surface area (Å²) in [6.45, 7) is 9.43. The molecule has 1 saturated heterocycles. The molecule has 0 radical (unpaired) electrons. The van der Waals surface area contributed by atoms with Gasteiger partial charge in [-0.3, -0.25) is 48.4 Å². The highest BCUT2D eigenvalue weighted by Crippen LogP contribution is 2.07. The van der Waals surface area contributed by atoms with Gasteiger partial charge in [-0.1, -0.05) is 58.6 Å². The highest BCUT2D eigenvalue weighted by atomic mass is 16.4. The zero-order chi connectivity index (χ0) is 40.1. The van der Waals surface area contributed by atoms with E-state index in [0.29, 0.717) is 70.9 Å². The molecule has 1 aliphatic heterocycles. The average Bonchev–Trinajstić information content (AvgIpc) is 3.13. The molecular formula is C38H65N7O9. The monoisotopic (exact) mass is 763 g/mol. The van der Waals surface area contributed by atoms with Gasteiger partial charge in [0, 0.05) is 84.0 Å². The number of nitrogens with one attached hydrogen (secondary N) is 3. The minimum absolute atomic E-state index is 0.0111. The van der Waals surface area contributed by atoms with E-state index in [0.717, 1.165) is 44.2 Å². The van der Waals surface area contributed by atoms with Crippen LogP contribution in [0.3, 0.4) is 0 Å². The molecule has 0 saturated carbocycles. The molecule has 306 valence electrons. The zero-order valence-electron chi connectivity index (χ0n) is 32.7. The van der Waals surface area contributed by atoms with Crippen molar-refractivity contribution in [3.63, 3.8) is 0 Å². The van der Waals surface area contributed by atoms with Gasteiger partial charge in [-0.15, -0.1) is 0 Å². The first-order valence-electron chi connectivity index (χ1n) is 19.4. The summed E-state index contributed by atoms with van der Waals surface area (Å²) in [5, 5.41) is 36.9. The minimum Gasteiger partial charge on any atom is -0.480 e. The topological polar surface area (TPSA) is 212 Å². The maximum absolute atomic E-state index is 13.0. The molecule has 16 nitrogen and oxygen atoms in total. The molecule has 1 aliphatic rings. The van der Waals surface area contributed by atoms with Crippen LogP contribution in [0.4, 0.5) is 0 Å². The quantitative estimate of drug-likeness (QED) is 0.0932. The van der Waals surface area contributed by atoms with Gasteiger partial charge in [0.1, 0.15) is 0 Å². The number of hydrogen-bond donors (Lipinski definition) is 6. The Balaban J connectivity index is 0.00000716. The Morgan fingerprint density at radius 3 is 1.41 bits per heavy atom. The number of hydrogen-bond acceptors (Lipinski definition) is 10. The maximum Gasteiger partial charge on any atom is 0.317 e. The lowest BCUT2D eigenvalue weighted by Gasteiger charge is -2.32. The first kappa shape index (κ1) is 47.9. The van der Waals surface area contributed by atoms with E-state index in [4.69, 9.17) is 0 Å². The van der Waals surface area contributed by atoms with Crippen LogP contribution in [-0.4, -0.2) is 162 Å². The lowest BCUT2D eigenvalue weighted by atomic mass is 10.1. The predicted octanol–water partition coefficient (Wildman–Crippen LogP) is 1.79. The van der Waals surface area contributed by atoms with E-state index in [1.165, 1.54) is 12.8 Å². The van der Waals surface area contributed by atoms with Crippen LogP contribution in [0, 0.1) is 0 Å². The fourth-order valence-electron chi connectivity index (χ4n) is 5.78. The molecule has 0 aliphatic carbocycles. The van der Waals surface area contributed by atoms with Crippen LogP contribution >= 0.6 is 0 Å². The third kappa shape index (κ3) is 23.5. The van der Waals surface area contributed by atoms with Gasteiger partial charge in [-0.25, -0.2) is 0 Å². The SMILES string of the molecule is CC.CCCCCCNC(=O)CCCCCNC(=O)c1ccc(CNC(=O)CN2CCN(CC(=O)O)CCN(CC(=O)O)CCN(CC(=O)O)CC2)cc1. The third-order valence-corrected chi connectivity index (χ3v) is 8.80. The molecule has 54 heavy (non-hydrogen) atoms. The number of unbranched alkanes of at least 4 members (excludes halogenated alkanes) is 5. The summed E-state index contributed by atoms with van der Waals surface area (Å²) in [5.41, 5.74) is 1.30. The van der Waals surface area contributed by atoms with Crippen molar-refractivity contribution < 1.29 is 44.1 Å². The summed E-state index contributed by atoms with van der Waals surface area (Å²) >= 11 is 0. The number of benzene rings is 1. The number of carboxylic acid groups (broad SMARTS) is 3. The first-order valence-corrected chi connectivity index (χ1v) is 19.4. The molecule has 0 aromatic heterocycles. The van der Waals surface area contributed by atoms with Crippen molar-refractivity contribution in [2.24, 2.45) is 0 Å². The van der Waals surface area contributed by atoms with Crippen molar-refractivity contribution in [3.8, 4) is 0 Å². The summed E-state index contributed by atoms with van der Waals surface area (Å²) < 4.78 is 0. The van der Waals surface area contributed by atoms with Gasteiger partial charge in [0.15, 0.2) is 0 Å². The van der Waals surface area contributed by atoms with E-state index < -0.39 is 17.9 Å². The van der Waals surface area contributed by atoms with Crippen LogP contribution in [0.2, 0.25) is 0 Å². The molecule has 1 fully saturated rings. The van der Waals surface area contributed by atoms with Gasteiger partial charge >= 0.3 is 17.9 Å². The van der Waals surface area contributed by atoms with Crippen molar-refractivity contribution >= 4 is 35.6 Å². The summed E-state index contributed by atoms with van der Waals surface area (Å²) in [7, 11) is 0. The van der Waals surface area contributed by atoms with Gasteiger partial charge < -0.3 is 31.3 Å². The minimum atomic E-state index is -1.02. The fourth-order valence-corrected chi connectivity index (χ4v) is 5.78. The Bertz CT molecular complexity index is 1230. The molecule has 16 heteroatoms. The fraction of sp³-hybridized carbons (Fsp3) is 0.684. The maximum atomic E-state index is 13.0. The highest BCUT2D eigenvalue weighted by molar-refractivity contribution is 5.94. The average molecular weight is 764 g/mol. The standard InChI is InChI=1S/C36H59N7O9.C2H6/c1-2-3-4-7-14-37-31(44)9-6-5-8-15-38-36(52)30-12-10-29(11-13-30)24-39-32(45)25-40-16-18-41(26-33(46)47)20-22-43(28-35(50)51)23-21-42(19-17-40)27-34(48)49;1-2/h10-13H,2-9,14-28H2,1H3,(H,37,44)(H,38,52)(H,39,45)(H,46,47)(H,48,49)(H,50,51);1-2H3. The third-order valence-electron chi connectivity index (χ3n) is 8.80. The Kier molecular flexibility index (Phi) is 26.0. The van der Waals surface area contributed by atoms with Gasteiger partial charge in [0.05, 0.1) is 26.2 Å². The van der Waals surface area contributed by atoms with E-state index in [2.05, 4.69) is 22.9 Å². The molecule has 1 heterocycles. The van der Waals surface area contributed by atoms with Crippen LogP contribution in [0.25, 0.3) is 0 Å². The van der Waals surface area contributed by atoms with Gasteiger partial charge in [0.25, 0.3) is 5.91 Å². The lowest BCUT2D eigenvalue weighted by molar-refractivity contribution is -0.140. The Labute approximate surface area is 320 Å². The molecule has 1 aromatic carbocycles. The molecule has 6 N–H and O–H groups in total. The number of amides is 3. The second-order valence-electron chi connectivity index (χ2n) is 13.2. The molecule has 2 rings (SSSR count). The van der Waals surface area contributed by atoms with E-state index in [9.17, 15) is 44.1 Å². The summed E-state index contributed by atoms with van der Waals surface area (Å²) in [6, 6.07) is 6.94. The summed E-state index contributed by atoms with van der Waals surface area (Å²) in [6.07, 6.45) is 7.38. The molecule has 3 amide bonds. The Hall–Kier alpha value is -4.12. The smallest absolute Gasteiger partial charge is 0.317 e. The normalized spacial score (nSPS) is 15.1. The zero-order valence-corrected chi connectivity index (χ0v) is 32.7. The highest BCUT2D eigenvalue weighted by Gasteiger charge is 2.21. The first-order chi connectivity index (χ1) is 25.9. The van der Waals surface area contributed by atoms with E-state index >= 15 is 0 Å². The second kappa shape index (κ2) is 29.3. The lowest BCUT2D eigenvalue weighted by Crippen LogP contribution is -2.49. The van der Waals surface area contributed by atoms with Crippen LogP contribution in [0.15, 0.2) is 24.3 Å². The Morgan fingerprint density at radius 1 is 0.537 bits per heavy atom.